The molecule has 0 heterocycles. The van der Waals surface area contributed by atoms with Crippen LogP contribution >= 0.6 is 0 Å². The van der Waals surface area contributed by atoms with Crippen LogP contribution in [0.1, 0.15) is 45.4 Å². The van der Waals surface area contributed by atoms with Crippen molar-refractivity contribution in [2.24, 2.45) is 0 Å². The molecule has 0 amide bonds. The zero-order valence-electron chi connectivity index (χ0n) is 22.6. The van der Waals surface area contributed by atoms with Crippen molar-refractivity contribution < 1.29 is 28.8 Å². The minimum absolute atomic E-state index is 0.0281. The number of aliphatic hydroxyl groups is 1. The first-order valence-electron chi connectivity index (χ1n) is 13.5. The number of fused-ring (bicyclic) bond motifs is 6. The van der Waals surface area contributed by atoms with E-state index in [-0.39, 0.29) is 18.6 Å². The van der Waals surface area contributed by atoms with Gasteiger partial charge in [-0.25, -0.2) is 0 Å². The van der Waals surface area contributed by atoms with Gasteiger partial charge in [0.2, 0.25) is 0 Å². The lowest BCUT2D eigenvalue weighted by Crippen LogP contribution is -2.12. The Morgan fingerprint density at radius 1 is 0.605 bits per heavy atom. The van der Waals surface area contributed by atoms with Crippen molar-refractivity contribution in [2.45, 2.75) is 25.9 Å². The molecule has 0 saturated carbocycles. The number of benzene rings is 3. The average molecular weight is 519 g/mol. The molecule has 6 nitrogen and oxygen atoms in total. The van der Waals surface area contributed by atoms with Crippen LogP contribution in [-0.2, 0) is 23.7 Å². The lowest BCUT2D eigenvalue weighted by atomic mass is 9.93. The Balaban J connectivity index is 1.44. The van der Waals surface area contributed by atoms with Gasteiger partial charge in [0, 0.05) is 13.0 Å². The maximum Gasteiger partial charge on any atom is 0.109 e. The fourth-order valence-electron chi connectivity index (χ4n) is 5.61. The number of hydrogen-bond acceptors (Lipinski definition) is 6. The minimum Gasteiger partial charge on any atom is -0.394 e. The third-order valence-corrected chi connectivity index (χ3v) is 7.37. The fraction of sp³-hybridized carbons (Fsp3) is 0.438. The summed E-state index contributed by atoms with van der Waals surface area (Å²) in [4.78, 5) is 0. The van der Waals surface area contributed by atoms with Crippen LogP contribution in [-0.4, -0.2) is 71.7 Å². The number of methoxy groups -OCH3 is 1. The molecule has 1 N–H and O–H groups in total. The van der Waals surface area contributed by atoms with E-state index in [1.54, 1.807) is 7.11 Å². The van der Waals surface area contributed by atoms with Gasteiger partial charge < -0.3 is 28.8 Å². The predicted octanol–water partition coefficient (Wildman–Crippen LogP) is 5.19. The second-order valence-corrected chi connectivity index (χ2v) is 10.0. The molecule has 0 bridgehead atoms. The van der Waals surface area contributed by atoms with Crippen LogP contribution in [0.2, 0.25) is 0 Å². The van der Waals surface area contributed by atoms with Crippen LogP contribution in [0, 0.1) is 13.8 Å². The van der Waals surface area contributed by atoms with Crippen molar-refractivity contribution in [3.63, 3.8) is 0 Å². The number of rotatable bonds is 14. The Hall–Kier alpha value is -2.58. The molecule has 2 unspecified atom stereocenters. The summed E-state index contributed by atoms with van der Waals surface area (Å²) in [5.41, 5.74) is 12.5. The van der Waals surface area contributed by atoms with Crippen LogP contribution < -0.4 is 0 Å². The summed E-state index contributed by atoms with van der Waals surface area (Å²) in [5.74, 6) is 0.158. The van der Waals surface area contributed by atoms with Gasteiger partial charge in [-0.05, 0) is 70.5 Å². The maximum atomic E-state index is 8.93. The molecule has 0 spiro atoms. The number of aliphatic hydroxyl groups excluding tert-OH is 1. The molecule has 2 atom stereocenters. The smallest absolute Gasteiger partial charge is 0.109 e. The van der Waals surface area contributed by atoms with E-state index in [2.05, 4.69) is 62.4 Å². The normalized spacial score (nSPS) is 16.8. The van der Waals surface area contributed by atoms with E-state index in [0.717, 1.165) is 0 Å². The zero-order valence-corrected chi connectivity index (χ0v) is 22.6. The van der Waals surface area contributed by atoms with Crippen molar-refractivity contribution in [2.75, 3.05) is 66.6 Å². The second kappa shape index (κ2) is 12.5. The molecule has 0 saturated heterocycles. The van der Waals surface area contributed by atoms with E-state index >= 15 is 0 Å². The van der Waals surface area contributed by atoms with Crippen molar-refractivity contribution in [3.8, 4) is 22.3 Å². The summed E-state index contributed by atoms with van der Waals surface area (Å²) >= 11 is 0. The van der Waals surface area contributed by atoms with Gasteiger partial charge in [0.15, 0.2) is 0 Å². The quantitative estimate of drug-likeness (QED) is 0.296. The first-order chi connectivity index (χ1) is 18.6. The summed E-state index contributed by atoms with van der Waals surface area (Å²) < 4.78 is 28.7. The number of aryl methyl sites for hydroxylation is 2. The molecule has 0 fully saturated rings. The Kier molecular flexibility index (Phi) is 8.89. The van der Waals surface area contributed by atoms with Gasteiger partial charge in [-0.2, -0.15) is 0 Å². The minimum atomic E-state index is -0.121. The lowest BCUT2D eigenvalue weighted by molar-refractivity contribution is 0.00637. The second-order valence-electron chi connectivity index (χ2n) is 10.0. The summed E-state index contributed by atoms with van der Waals surface area (Å²) in [7, 11) is 1.68. The first-order valence-corrected chi connectivity index (χ1v) is 13.5. The molecule has 6 heteroatoms. The van der Waals surface area contributed by atoms with E-state index in [1.165, 1.54) is 55.6 Å². The van der Waals surface area contributed by atoms with Gasteiger partial charge in [0.1, 0.15) is 6.10 Å². The topological polar surface area (TPSA) is 66.4 Å². The molecule has 0 aromatic heterocycles. The summed E-state index contributed by atoms with van der Waals surface area (Å²) in [6.45, 7) is 8.40. The van der Waals surface area contributed by atoms with Crippen molar-refractivity contribution in [3.05, 3.63) is 81.9 Å². The Morgan fingerprint density at radius 2 is 1.16 bits per heavy atom. The zero-order chi connectivity index (χ0) is 26.5. The van der Waals surface area contributed by atoms with Gasteiger partial charge in [-0.15, -0.1) is 0 Å². The van der Waals surface area contributed by atoms with Crippen LogP contribution in [0.4, 0.5) is 0 Å². The highest BCUT2D eigenvalue weighted by Crippen LogP contribution is 2.53. The molecular formula is C32H38O6. The maximum absolute atomic E-state index is 8.93. The first kappa shape index (κ1) is 27.0. The molecule has 2 aliphatic rings. The molecule has 2 aliphatic carbocycles. The molecular weight excluding hydrogens is 480 g/mol. The van der Waals surface area contributed by atoms with Crippen LogP contribution in [0.25, 0.3) is 22.3 Å². The van der Waals surface area contributed by atoms with Crippen molar-refractivity contribution in [1.82, 2.24) is 0 Å². The number of ether oxygens (including phenoxy) is 5. The molecule has 38 heavy (non-hydrogen) atoms. The molecule has 0 radical (unpaired) electrons. The van der Waals surface area contributed by atoms with Crippen LogP contribution in [0.3, 0.4) is 0 Å². The SMILES string of the molecule is COCCOCCOC1c2cc(C)ccc2-c2cc3c(cc21)-c1ccc(C)cc1C3COCCOCCO. The van der Waals surface area contributed by atoms with Crippen LogP contribution in [0.5, 0.6) is 0 Å². The van der Waals surface area contributed by atoms with E-state index in [9.17, 15) is 0 Å². The fourth-order valence-corrected chi connectivity index (χ4v) is 5.61. The molecule has 5 rings (SSSR count). The standard InChI is InChI=1S/C32H38O6/c1-21-4-6-23-25(16-21)31(20-37-13-12-35-9-8-33)28-18-27-24-7-5-22(2)17-29(24)32(30(27)19-26(23)28)38-15-14-36-11-10-34-3/h4-7,16-19,31-33H,8-15,20H2,1-3H3. The largest absolute Gasteiger partial charge is 0.394 e. The van der Waals surface area contributed by atoms with Crippen molar-refractivity contribution >= 4 is 0 Å². The van der Waals surface area contributed by atoms with E-state index in [1.807, 2.05) is 0 Å². The molecule has 3 aromatic carbocycles. The Labute approximate surface area is 225 Å². The molecule has 202 valence electrons. The Bertz CT molecular complexity index is 1160. The predicted molar refractivity (Wildman–Crippen MR) is 148 cm³/mol. The highest BCUT2D eigenvalue weighted by Gasteiger charge is 2.35. The highest BCUT2D eigenvalue weighted by atomic mass is 16.5. The van der Waals surface area contributed by atoms with E-state index in [4.69, 9.17) is 28.8 Å². The van der Waals surface area contributed by atoms with Gasteiger partial charge in [-0.1, -0.05) is 47.5 Å². The lowest BCUT2D eigenvalue weighted by Gasteiger charge is -2.17. The molecule has 0 aliphatic heterocycles. The van der Waals surface area contributed by atoms with Crippen LogP contribution in [0.15, 0.2) is 48.5 Å². The third kappa shape index (κ3) is 5.57. The van der Waals surface area contributed by atoms with Crippen molar-refractivity contribution in [1.29, 1.82) is 0 Å². The van der Waals surface area contributed by atoms with E-state index < -0.39 is 0 Å². The third-order valence-electron chi connectivity index (χ3n) is 7.37. The summed E-state index contributed by atoms with van der Waals surface area (Å²) in [6, 6.07) is 18.1. The van der Waals surface area contributed by atoms with Gasteiger partial charge >= 0.3 is 0 Å². The average Bonchev–Trinajstić information content (AvgIpc) is 3.37. The highest BCUT2D eigenvalue weighted by molar-refractivity contribution is 5.87. The summed E-state index contributed by atoms with van der Waals surface area (Å²) in [6.07, 6.45) is -0.121. The summed E-state index contributed by atoms with van der Waals surface area (Å²) in [5, 5.41) is 8.93. The Morgan fingerprint density at radius 3 is 1.92 bits per heavy atom. The van der Waals surface area contributed by atoms with Gasteiger partial charge in [0.05, 0.1) is 59.5 Å². The monoisotopic (exact) mass is 518 g/mol. The van der Waals surface area contributed by atoms with Gasteiger partial charge in [-0.3, -0.25) is 0 Å². The van der Waals surface area contributed by atoms with Gasteiger partial charge in [0.25, 0.3) is 0 Å². The van der Waals surface area contributed by atoms with E-state index in [0.29, 0.717) is 52.9 Å². The molecule has 3 aromatic rings. The number of hydrogen-bond donors (Lipinski definition) is 1.